The van der Waals surface area contributed by atoms with Crippen molar-refractivity contribution in [2.45, 2.75) is 70.6 Å². The average molecular weight is 588 g/mol. The molecule has 0 radical (unpaired) electrons. The predicted molar refractivity (Wildman–Crippen MR) is 137 cm³/mol. The average Bonchev–Trinajstić information content (AvgIpc) is 2.82. The fraction of sp³-hybridized carbons (Fsp3) is 0.667. The summed E-state index contributed by atoms with van der Waals surface area (Å²) in [5, 5.41) is 17.7. The van der Waals surface area contributed by atoms with E-state index in [0.717, 1.165) is 63.5 Å². The maximum absolute atomic E-state index is 11.8. The number of hydrogen-bond acceptors (Lipinski definition) is 6. The van der Waals surface area contributed by atoms with Crippen LogP contribution in [0.4, 0.5) is 18.9 Å². The number of nitro benzene ring substituents is 1. The van der Waals surface area contributed by atoms with Crippen LogP contribution in [-0.4, -0.2) is 75.8 Å². The first kappa shape index (κ1) is 36.5. The van der Waals surface area contributed by atoms with E-state index in [2.05, 4.69) is 0 Å². The molecule has 11 nitrogen and oxygen atoms in total. The van der Waals surface area contributed by atoms with Gasteiger partial charge in [0, 0.05) is 18.6 Å². The SMILES string of the molecule is C[N+](C)(CCCCCCCCCCC(=O)OCc1ccc([N+](=O)[O-])cc1)CCP(=O)(O)O.O=C(O)C(F)(F)F. The Morgan fingerprint density at radius 1 is 0.949 bits per heavy atom. The molecule has 0 aliphatic rings. The molecule has 224 valence electrons. The molecule has 0 saturated heterocycles. The van der Waals surface area contributed by atoms with Crippen LogP contribution in [0.5, 0.6) is 0 Å². The maximum atomic E-state index is 11.8. The molecule has 0 aliphatic carbocycles. The zero-order valence-corrected chi connectivity index (χ0v) is 23.2. The van der Waals surface area contributed by atoms with Crippen LogP contribution in [0.15, 0.2) is 24.3 Å². The summed E-state index contributed by atoms with van der Waals surface area (Å²) in [4.78, 5) is 48.9. The largest absolute Gasteiger partial charge is 0.490 e. The first-order chi connectivity index (χ1) is 17.9. The van der Waals surface area contributed by atoms with Crippen molar-refractivity contribution in [2.75, 3.05) is 33.3 Å². The molecule has 1 aromatic carbocycles. The van der Waals surface area contributed by atoms with Gasteiger partial charge in [-0.2, -0.15) is 13.2 Å². The second-order valence-corrected chi connectivity index (χ2v) is 11.5. The number of ether oxygens (including phenoxy) is 1. The van der Waals surface area contributed by atoms with Crippen LogP contribution in [-0.2, 0) is 25.5 Å². The Bertz CT molecular complexity index is 936. The van der Waals surface area contributed by atoms with Gasteiger partial charge in [-0.25, -0.2) is 4.79 Å². The first-order valence-corrected chi connectivity index (χ1v) is 14.3. The molecular weight excluding hydrogens is 548 g/mol. The van der Waals surface area contributed by atoms with Crippen molar-refractivity contribution < 1.29 is 56.4 Å². The van der Waals surface area contributed by atoms with Gasteiger partial charge in [0.05, 0.1) is 38.3 Å². The van der Waals surface area contributed by atoms with Crippen molar-refractivity contribution in [3.8, 4) is 0 Å². The number of carbonyl (C=O) groups is 2. The monoisotopic (exact) mass is 587 g/mol. The second kappa shape index (κ2) is 17.9. The number of hydrogen-bond donors (Lipinski definition) is 3. The van der Waals surface area contributed by atoms with Crippen molar-refractivity contribution >= 4 is 25.2 Å². The minimum Gasteiger partial charge on any atom is -0.475 e. The third-order valence-corrected chi connectivity index (χ3v) is 6.46. The van der Waals surface area contributed by atoms with Crippen LogP contribution >= 0.6 is 7.60 Å². The lowest BCUT2D eigenvalue weighted by atomic mass is 10.1. The summed E-state index contributed by atoms with van der Waals surface area (Å²) in [5.74, 6) is -3.00. The van der Waals surface area contributed by atoms with Gasteiger partial charge in [-0.15, -0.1) is 0 Å². The van der Waals surface area contributed by atoms with E-state index >= 15 is 0 Å². The van der Waals surface area contributed by atoms with Gasteiger partial charge < -0.3 is 24.1 Å². The standard InChI is InChI=1S/C22H37N2O7P.C2HF3O2/c1-24(2,17-18-32(28,29)30)16-10-8-6-4-3-5-7-9-11-22(25)31-19-20-12-14-21(15-13-20)23(26)27;3-2(4,5)1(6)7/h12-15H,3-11,16-19H2,1-2H3,(H-,28,29,30);(H,6,7)/p+1. The Morgan fingerprint density at radius 3 is 1.85 bits per heavy atom. The fourth-order valence-electron chi connectivity index (χ4n) is 3.33. The summed E-state index contributed by atoms with van der Waals surface area (Å²) in [6, 6.07) is 5.98. The van der Waals surface area contributed by atoms with Gasteiger partial charge in [0.2, 0.25) is 0 Å². The molecule has 0 fully saturated rings. The number of halogens is 3. The van der Waals surface area contributed by atoms with Crippen molar-refractivity contribution in [2.24, 2.45) is 0 Å². The molecule has 15 heteroatoms. The third-order valence-electron chi connectivity index (χ3n) is 5.68. The lowest BCUT2D eigenvalue weighted by Crippen LogP contribution is -2.42. The Labute approximate surface area is 225 Å². The number of benzene rings is 1. The van der Waals surface area contributed by atoms with E-state index < -0.39 is 24.7 Å². The van der Waals surface area contributed by atoms with Gasteiger partial charge in [-0.3, -0.25) is 19.5 Å². The summed E-state index contributed by atoms with van der Waals surface area (Å²) in [6.07, 6.45) is 3.70. The van der Waals surface area contributed by atoms with Gasteiger partial charge in [-0.05, 0) is 37.0 Å². The molecule has 0 amide bonds. The number of carboxylic acid groups (broad SMARTS) is 1. The molecule has 0 aromatic heterocycles. The molecule has 1 aromatic rings. The molecule has 39 heavy (non-hydrogen) atoms. The maximum Gasteiger partial charge on any atom is 0.490 e. The van der Waals surface area contributed by atoms with Crippen molar-refractivity contribution in [3.63, 3.8) is 0 Å². The van der Waals surface area contributed by atoms with Gasteiger partial charge in [-0.1, -0.05) is 32.1 Å². The molecular formula is C24H39F3N2O9P+. The Kier molecular flexibility index (Phi) is 16.8. The van der Waals surface area contributed by atoms with E-state index in [0.29, 0.717) is 17.4 Å². The third kappa shape index (κ3) is 21.0. The van der Waals surface area contributed by atoms with Crippen molar-refractivity contribution in [3.05, 3.63) is 39.9 Å². The van der Waals surface area contributed by atoms with E-state index in [-0.39, 0.29) is 24.4 Å². The van der Waals surface area contributed by atoms with Crippen LogP contribution in [0.3, 0.4) is 0 Å². The number of carbonyl (C=O) groups excluding carboxylic acids is 1. The number of unbranched alkanes of at least 4 members (excludes halogenated alkanes) is 7. The molecule has 0 heterocycles. The summed E-state index contributed by atoms with van der Waals surface area (Å²) in [7, 11) is 0.0932. The van der Waals surface area contributed by atoms with E-state index in [1.165, 1.54) is 12.1 Å². The van der Waals surface area contributed by atoms with Crippen LogP contribution in [0.25, 0.3) is 0 Å². The van der Waals surface area contributed by atoms with Gasteiger partial charge in [0.15, 0.2) is 0 Å². The zero-order valence-electron chi connectivity index (χ0n) is 22.3. The lowest BCUT2D eigenvalue weighted by molar-refractivity contribution is -0.888. The molecule has 1 rings (SSSR count). The normalized spacial score (nSPS) is 11.9. The minimum atomic E-state index is -5.08. The molecule has 0 spiro atoms. The molecule has 0 bridgehead atoms. The van der Waals surface area contributed by atoms with Gasteiger partial charge in [0.25, 0.3) is 5.69 Å². The van der Waals surface area contributed by atoms with E-state index in [9.17, 15) is 32.6 Å². The summed E-state index contributed by atoms with van der Waals surface area (Å²) < 4.78 is 48.6. The summed E-state index contributed by atoms with van der Waals surface area (Å²) in [6.45, 7) is 1.54. The Hall–Kier alpha value is -2.54. The molecule has 0 aliphatic heterocycles. The van der Waals surface area contributed by atoms with Crippen LogP contribution in [0.2, 0.25) is 0 Å². The number of rotatable bonds is 17. The smallest absolute Gasteiger partial charge is 0.475 e. The van der Waals surface area contributed by atoms with Crippen molar-refractivity contribution in [1.82, 2.24) is 0 Å². The highest BCUT2D eigenvalue weighted by Crippen LogP contribution is 2.34. The summed E-state index contributed by atoms with van der Waals surface area (Å²) in [5.41, 5.74) is 0.745. The fourth-order valence-corrected chi connectivity index (χ4v) is 4.13. The number of alkyl halides is 3. The molecule has 3 N–H and O–H groups in total. The summed E-state index contributed by atoms with van der Waals surface area (Å²) >= 11 is 0. The number of esters is 1. The highest BCUT2D eigenvalue weighted by Gasteiger charge is 2.38. The van der Waals surface area contributed by atoms with E-state index in [4.69, 9.17) is 24.4 Å². The number of quaternary nitrogens is 1. The van der Waals surface area contributed by atoms with Crippen LogP contribution in [0.1, 0.15) is 63.4 Å². The topological polar surface area (TPSA) is 164 Å². The molecule has 0 saturated carbocycles. The van der Waals surface area contributed by atoms with Crippen LogP contribution < -0.4 is 0 Å². The highest BCUT2D eigenvalue weighted by atomic mass is 31.2. The Balaban J connectivity index is 0.00000181. The molecule has 0 unspecified atom stereocenters. The van der Waals surface area contributed by atoms with Gasteiger partial charge in [0.1, 0.15) is 6.61 Å². The highest BCUT2D eigenvalue weighted by molar-refractivity contribution is 7.51. The number of aliphatic carboxylic acids is 1. The lowest BCUT2D eigenvalue weighted by Gasteiger charge is -2.29. The number of non-ortho nitro benzene ring substituents is 1. The van der Waals surface area contributed by atoms with Gasteiger partial charge >= 0.3 is 25.7 Å². The first-order valence-electron chi connectivity index (χ1n) is 12.5. The van der Waals surface area contributed by atoms with E-state index in [1.54, 1.807) is 12.1 Å². The van der Waals surface area contributed by atoms with E-state index in [1.807, 2.05) is 14.1 Å². The quantitative estimate of drug-likeness (QED) is 0.0566. The van der Waals surface area contributed by atoms with Crippen LogP contribution in [0, 0.1) is 10.1 Å². The second-order valence-electron chi connectivity index (χ2n) is 9.74. The number of nitro groups is 1. The zero-order chi connectivity index (χ0) is 30.1. The number of carboxylic acids is 1. The molecule has 0 atom stereocenters. The minimum absolute atomic E-state index is 0.0151. The van der Waals surface area contributed by atoms with Crippen molar-refractivity contribution in [1.29, 1.82) is 0 Å². The Morgan fingerprint density at radius 2 is 1.41 bits per heavy atom. The number of nitrogens with zero attached hydrogens (tertiary/aromatic N) is 2. The predicted octanol–water partition coefficient (Wildman–Crippen LogP) is 5.04.